The van der Waals surface area contributed by atoms with Crippen molar-refractivity contribution in [3.63, 3.8) is 0 Å². The second kappa shape index (κ2) is 4.84. The van der Waals surface area contributed by atoms with Gasteiger partial charge in [-0.1, -0.05) is 23.2 Å². The summed E-state index contributed by atoms with van der Waals surface area (Å²) in [5, 5.41) is 10.1. The van der Waals surface area contributed by atoms with E-state index in [4.69, 9.17) is 28.3 Å². The fourth-order valence-corrected chi connectivity index (χ4v) is 2.47. The lowest BCUT2D eigenvalue weighted by Gasteiger charge is -2.41. The van der Waals surface area contributed by atoms with Gasteiger partial charge >= 0.3 is 5.97 Å². The Kier molecular flexibility index (Phi) is 3.61. The number of likely N-dealkylation sites (tertiary alicyclic amines) is 1. The predicted octanol–water partition coefficient (Wildman–Crippen LogP) is 3.07. The Morgan fingerprint density at radius 1 is 1.47 bits per heavy atom. The molecule has 1 saturated heterocycles. The summed E-state index contributed by atoms with van der Waals surface area (Å²) in [6.45, 7) is 3.15. The van der Waals surface area contributed by atoms with Crippen molar-refractivity contribution >= 4 is 29.2 Å². The highest BCUT2D eigenvalue weighted by atomic mass is 35.5. The Hall–Kier alpha value is -0.770. The molecule has 1 aromatic rings. The van der Waals surface area contributed by atoms with Gasteiger partial charge in [0.2, 0.25) is 0 Å². The smallest absolute Gasteiger partial charge is 0.309 e. The van der Waals surface area contributed by atoms with Crippen LogP contribution < -0.4 is 0 Å². The lowest BCUT2D eigenvalue weighted by molar-refractivity contribution is -0.148. The maximum Gasteiger partial charge on any atom is 0.309 e. The fraction of sp³-hybridized carbons (Fsp3) is 0.417. The van der Waals surface area contributed by atoms with Crippen molar-refractivity contribution in [1.82, 2.24) is 4.90 Å². The Labute approximate surface area is 110 Å². The maximum atomic E-state index is 10.7. The minimum absolute atomic E-state index is 0.0943. The molecule has 1 unspecified atom stereocenters. The van der Waals surface area contributed by atoms with Crippen LogP contribution in [0.3, 0.4) is 0 Å². The molecule has 1 N–H and O–H groups in total. The number of aliphatic carboxylic acids is 1. The lowest BCUT2D eigenvalue weighted by Crippen LogP contribution is -2.51. The molecule has 1 aromatic carbocycles. The van der Waals surface area contributed by atoms with Gasteiger partial charge in [-0.05, 0) is 30.7 Å². The van der Waals surface area contributed by atoms with Crippen LogP contribution in [0.1, 0.15) is 18.5 Å². The van der Waals surface area contributed by atoms with Crippen LogP contribution in [0, 0.1) is 5.92 Å². The average Bonchev–Trinajstić information content (AvgIpc) is 2.18. The van der Waals surface area contributed by atoms with E-state index in [0.717, 1.165) is 5.56 Å². The Morgan fingerprint density at radius 2 is 2.12 bits per heavy atom. The number of carboxylic acid groups (broad SMARTS) is 1. The van der Waals surface area contributed by atoms with Crippen molar-refractivity contribution < 1.29 is 9.90 Å². The summed E-state index contributed by atoms with van der Waals surface area (Å²) in [5.74, 6) is -0.985. The molecule has 17 heavy (non-hydrogen) atoms. The van der Waals surface area contributed by atoms with Gasteiger partial charge < -0.3 is 5.11 Å². The number of carboxylic acids is 1. The molecule has 3 nitrogen and oxygen atoms in total. The van der Waals surface area contributed by atoms with Crippen LogP contribution in [-0.2, 0) is 4.79 Å². The predicted molar refractivity (Wildman–Crippen MR) is 67.6 cm³/mol. The van der Waals surface area contributed by atoms with E-state index >= 15 is 0 Å². The fourth-order valence-electron chi connectivity index (χ4n) is 2.02. The van der Waals surface area contributed by atoms with Crippen LogP contribution in [0.15, 0.2) is 18.2 Å². The molecular formula is C12H13Cl2NO2. The molecule has 1 aliphatic heterocycles. The number of hydrogen-bond donors (Lipinski definition) is 1. The third-order valence-corrected chi connectivity index (χ3v) is 3.79. The van der Waals surface area contributed by atoms with Gasteiger partial charge in [-0.3, -0.25) is 9.69 Å². The van der Waals surface area contributed by atoms with Crippen LogP contribution in [0.2, 0.25) is 10.0 Å². The Balaban J connectivity index is 2.08. The molecule has 0 bridgehead atoms. The summed E-state index contributed by atoms with van der Waals surface area (Å²) in [6.07, 6.45) is 0. The second-order valence-corrected chi connectivity index (χ2v) is 5.17. The number of carbonyl (C=O) groups is 1. The maximum absolute atomic E-state index is 10.7. The molecule has 0 amide bonds. The molecular weight excluding hydrogens is 261 g/mol. The molecule has 0 spiro atoms. The molecule has 0 saturated carbocycles. The second-order valence-electron chi connectivity index (χ2n) is 4.33. The van der Waals surface area contributed by atoms with Gasteiger partial charge in [0.1, 0.15) is 0 Å². The van der Waals surface area contributed by atoms with E-state index in [2.05, 4.69) is 4.90 Å². The summed E-state index contributed by atoms with van der Waals surface area (Å²) in [4.78, 5) is 12.8. The van der Waals surface area contributed by atoms with E-state index in [9.17, 15) is 4.79 Å². The van der Waals surface area contributed by atoms with Crippen LogP contribution in [-0.4, -0.2) is 29.1 Å². The Morgan fingerprint density at radius 3 is 2.71 bits per heavy atom. The first-order valence-corrected chi connectivity index (χ1v) is 6.16. The van der Waals surface area contributed by atoms with Crippen molar-refractivity contribution in [1.29, 1.82) is 0 Å². The molecule has 1 aliphatic rings. The minimum atomic E-state index is -0.731. The Bertz CT molecular complexity index is 444. The topological polar surface area (TPSA) is 40.5 Å². The van der Waals surface area contributed by atoms with Crippen molar-refractivity contribution in [2.45, 2.75) is 13.0 Å². The van der Waals surface area contributed by atoms with Gasteiger partial charge in [0.25, 0.3) is 0 Å². The molecule has 1 atom stereocenters. The molecule has 1 heterocycles. The normalized spacial score (nSPS) is 18.8. The van der Waals surface area contributed by atoms with E-state index in [0.29, 0.717) is 23.1 Å². The van der Waals surface area contributed by atoms with Crippen LogP contribution >= 0.6 is 23.2 Å². The summed E-state index contributed by atoms with van der Waals surface area (Å²) in [7, 11) is 0. The summed E-state index contributed by atoms with van der Waals surface area (Å²) >= 11 is 12.0. The quantitative estimate of drug-likeness (QED) is 0.920. The summed E-state index contributed by atoms with van der Waals surface area (Å²) in [6, 6.07) is 5.44. The molecule has 1 fully saturated rings. The van der Waals surface area contributed by atoms with E-state index in [1.54, 1.807) is 12.1 Å². The van der Waals surface area contributed by atoms with Crippen LogP contribution in [0.25, 0.3) is 0 Å². The zero-order valence-electron chi connectivity index (χ0n) is 9.36. The molecule has 0 aromatic heterocycles. The summed E-state index contributed by atoms with van der Waals surface area (Å²) in [5.41, 5.74) is 0.947. The number of hydrogen-bond acceptors (Lipinski definition) is 2. The molecule has 92 valence electrons. The molecule has 0 aliphatic carbocycles. The van der Waals surface area contributed by atoms with E-state index in [-0.39, 0.29) is 12.0 Å². The van der Waals surface area contributed by atoms with E-state index in [1.807, 2.05) is 13.0 Å². The number of rotatable bonds is 3. The number of halogens is 2. The molecule has 5 heteroatoms. The monoisotopic (exact) mass is 273 g/mol. The van der Waals surface area contributed by atoms with Crippen molar-refractivity contribution in [3.05, 3.63) is 33.8 Å². The van der Waals surface area contributed by atoms with Gasteiger partial charge in [-0.15, -0.1) is 0 Å². The van der Waals surface area contributed by atoms with Crippen LogP contribution in [0.5, 0.6) is 0 Å². The number of benzene rings is 1. The molecule has 2 rings (SSSR count). The first-order valence-electron chi connectivity index (χ1n) is 5.41. The minimum Gasteiger partial charge on any atom is -0.481 e. The first-order chi connectivity index (χ1) is 7.99. The van der Waals surface area contributed by atoms with Gasteiger partial charge in [0.15, 0.2) is 0 Å². The first kappa shape index (κ1) is 12.7. The zero-order chi connectivity index (χ0) is 12.6. The number of nitrogens with zero attached hydrogens (tertiary/aromatic N) is 1. The molecule has 0 radical (unpaired) electrons. The zero-order valence-corrected chi connectivity index (χ0v) is 10.9. The SMILES string of the molecule is CC(c1cc(Cl)ccc1Cl)N1CC(C(=O)O)C1. The van der Waals surface area contributed by atoms with Crippen molar-refractivity contribution in [2.24, 2.45) is 5.92 Å². The lowest BCUT2D eigenvalue weighted by atomic mass is 9.95. The summed E-state index contributed by atoms with van der Waals surface area (Å²) < 4.78 is 0. The average molecular weight is 274 g/mol. The highest BCUT2D eigenvalue weighted by Gasteiger charge is 2.36. The van der Waals surface area contributed by atoms with Crippen LogP contribution in [0.4, 0.5) is 0 Å². The van der Waals surface area contributed by atoms with E-state index in [1.165, 1.54) is 0 Å². The highest BCUT2D eigenvalue weighted by molar-refractivity contribution is 6.33. The standard InChI is InChI=1S/C12H13Cl2NO2/c1-7(15-5-8(6-15)12(16)17)10-4-9(13)2-3-11(10)14/h2-4,7-8H,5-6H2,1H3,(H,16,17). The third kappa shape index (κ3) is 2.57. The third-order valence-electron chi connectivity index (χ3n) is 3.21. The highest BCUT2D eigenvalue weighted by Crippen LogP contribution is 2.33. The van der Waals surface area contributed by atoms with Gasteiger partial charge in [-0.2, -0.15) is 0 Å². The van der Waals surface area contributed by atoms with Gasteiger partial charge in [0, 0.05) is 29.2 Å². The largest absolute Gasteiger partial charge is 0.481 e. The van der Waals surface area contributed by atoms with Crippen molar-refractivity contribution in [2.75, 3.05) is 13.1 Å². The van der Waals surface area contributed by atoms with Crippen molar-refractivity contribution in [3.8, 4) is 0 Å². The van der Waals surface area contributed by atoms with Gasteiger partial charge in [0.05, 0.1) is 5.92 Å². The van der Waals surface area contributed by atoms with E-state index < -0.39 is 5.97 Å². The van der Waals surface area contributed by atoms with Gasteiger partial charge in [-0.25, -0.2) is 0 Å².